The van der Waals surface area contributed by atoms with Crippen LogP contribution in [0.2, 0.25) is 0 Å². The molecule has 23 heavy (non-hydrogen) atoms. The molecule has 0 bridgehead atoms. The Hall–Kier alpha value is -2.15. The summed E-state index contributed by atoms with van der Waals surface area (Å²) in [6.07, 6.45) is 2.40. The maximum absolute atomic E-state index is 11.5. The molecule has 2 fully saturated rings. The van der Waals surface area contributed by atoms with Crippen molar-refractivity contribution in [3.8, 4) is 0 Å². The Balaban J connectivity index is 1.63. The highest BCUT2D eigenvalue weighted by Crippen LogP contribution is 2.33. The number of carboxylic acid groups (broad SMARTS) is 1. The first-order valence-electron chi connectivity index (χ1n) is 7.92. The zero-order chi connectivity index (χ0) is 16.4. The highest BCUT2D eigenvalue weighted by molar-refractivity contribution is 5.85. The molecule has 3 rings (SSSR count). The fraction of sp³-hybridized carbons (Fsp3) is 0.562. The predicted molar refractivity (Wildman–Crippen MR) is 83.2 cm³/mol. The van der Waals surface area contributed by atoms with E-state index in [-0.39, 0.29) is 23.6 Å². The third-order valence-corrected chi connectivity index (χ3v) is 4.78. The van der Waals surface area contributed by atoms with Gasteiger partial charge in [-0.05, 0) is 37.3 Å². The molecule has 0 unspecified atom stereocenters. The number of carbonyl (C=O) groups is 2. The summed E-state index contributed by atoms with van der Waals surface area (Å²) in [6.45, 7) is 2.14. The van der Waals surface area contributed by atoms with E-state index >= 15 is 0 Å². The van der Waals surface area contributed by atoms with Gasteiger partial charge in [-0.25, -0.2) is 9.78 Å². The second kappa shape index (κ2) is 6.54. The van der Waals surface area contributed by atoms with Crippen molar-refractivity contribution in [1.29, 1.82) is 0 Å². The Bertz CT molecular complexity index is 599. The van der Waals surface area contributed by atoms with Crippen molar-refractivity contribution in [1.82, 2.24) is 4.98 Å². The van der Waals surface area contributed by atoms with Gasteiger partial charge in [-0.1, -0.05) is 6.07 Å². The summed E-state index contributed by atoms with van der Waals surface area (Å²) >= 11 is 0. The van der Waals surface area contributed by atoms with Crippen LogP contribution in [-0.4, -0.2) is 47.8 Å². The van der Waals surface area contributed by atoms with E-state index in [1.807, 2.05) is 6.07 Å². The first-order chi connectivity index (χ1) is 11.1. The van der Waals surface area contributed by atoms with Crippen LogP contribution < -0.4 is 10.6 Å². The zero-order valence-electron chi connectivity index (χ0n) is 12.9. The quantitative estimate of drug-likeness (QED) is 0.853. The van der Waals surface area contributed by atoms with Crippen LogP contribution >= 0.6 is 0 Å². The van der Waals surface area contributed by atoms with Gasteiger partial charge in [0.05, 0.1) is 12.0 Å². The lowest BCUT2D eigenvalue weighted by Gasteiger charge is -2.36. The van der Waals surface area contributed by atoms with Gasteiger partial charge in [0.15, 0.2) is 5.69 Å². The molecule has 1 aromatic rings. The van der Waals surface area contributed by atoms with Gasteiger partial charge < -0.3 is 20.5 Å². The normalized spacial score (nSPS) is 25.5. The van der Waals surface area contributed by atoms with Crippen molar-refractivity contribution >= 4 is 17.7 Å². The van der Waals surface area contributed by atoms with Crippen LogP contribution in [0.25, 0.3) is 0 Å². The van der Waals surface area contributed by atoms with Crippen LogP contribution in [0.3, 0.4) is 0 Å². The smallest absolute Gasteiger partial charge is 0.354 e. The first kappa shape index (κ1) is 15.7. The molecule has 2 aliphatic rings. The number of carbonyl (C=O) groups excluding carboxylic acids is 1. The molecule has 124 valence electrons. The summed E-state index contributed by atoms with van der Waals surface area (Å²) < 4.78 is 5.75. The van der Waals surface area contributed by atoms with Crippen molar-refractivity contribution in [3.05, 3.63) is 23.9 Å². The number of anilines is 1. The van der Waals surface area contributed by atoms with Crippen LogP contribution in [0, 0.1) is 11.8 Å². The number of hydrogen-bond acceptors (Lipinski definition) is 5. The van der Waals surface area contributed by atoms with E-state index in [0.29, 0.717) is 24.8 Å². The maximum Gasteiger partial charge on any atom is 0.354 e. The van der Waals surface area contributed by atoms with Crippen LogP contribution in [-0.2, 0) is 9.53 Å². The molecule has 0 radical (unpaired) electrons. The Morgan fingerprint density at radius 3 is 2.65 bits per heavy atom. The molecular formula is C16H21N3O4. The number of ether oxygens (including phenoxy) is 1. The van der Waals surface area contributed by atoms with Gasteiger partial charge in [0.1, 0.15) is 5.82 Å². The average Bonchev–Trinajstić information content (AvgIpc) is 3.05. The third-order valence-electron chi connectivity index (χ3n) is 4.78. The second-order valence-corrected chi connectivity index (χ2v) is 6.14. The lowest BCUT2D eigenvalue weighted by atomic mass is 9.84. The van der Waals surface area contributed by atoms with Gasteiger partial charge in [-0.2, -0.15) is 0 Å². The van der Waals surface area contributed by atoms with Crippen molar-refractivity contribution in [3.63, 3.8) is 0 Å². The molecule has 0 spiro atoms. The number of nitrogens with zero attached hydrogens (tertiary/aromatic N) is 2. The van der Waals surface area contributed by atoms with E-state index in [4.69, 9.17) is 15.6 Å². The van der Waals surface area contributed by atoms with Crippen LogP contribution in [0.15, 0.2) is 18.2 Å². The number of pyridine rings is 1. The van der Waals surface area contributed by atoms with Gasteiger partial charge in [0, 0.05) is 19.7 Å². The minimum Gasteiger partial charge on any atom is -0.477 e. The Morgan fingerprint density at radius 1 is 1.26 bits per heavy atom. The standard InChI is InChI=1S/C16H21N3O4/c17-15(20)11-6-9-23-14(11)10-4-7-19(8-5-10)13-3-1-2-12(18-13)16(21)22/h1-3,10-11,14H,4-9H2,(H2,17,20)(H,21,22)/t11-,14+/m0/s1. The molecule has 0 aromatic carbocycles. The summed E-state index contributed by atoms with van der Waals surface area (Å²) in [5.41, 5.74) is 5.52. The fourth-order valence-electron chi connectivity index (χ4n) is 3.56. The lowest BCUT2D eigenvalue weighted by Crippen LogP contribution is -2.42. The largest absolute Gasteiger partial charge is 0.477 e. The maximum atomic E-state index is 11.5. The molecule has 7 nitrogen and oxygen atoms in total. The SMILES string of the molecule is NC(=O)[C@H]1CCO[C@@H]1C1CCN(c2cccc(C(=O)O)n2)CC1. The number of aromatic carboxylic acids is 1. The van der Waals surface area contributed by atoms with Crippen molar-refractivity contribution in [2.24, 2.45) is 17.6 Å². The van der Waals surface area contributed by atoms with Crippen LogP contribution in [0.1, 0.15) is 29.8 Å². The van der Waals surface area contributed by atoms with E-state index in [0.717, 1.165) is 25.9 Å². The second-order valence-electron chi connectivity index (χ2n) is 6.14. The summed E-state index contributed by atoms with van der Waals surface area (Å²) in [5.74, 6) is -0.479. The van der Waals surface area contributed by atoms with E-state index < -0.39 is 5.97 Å². The molecule has 3 N–H and O–H groups in total. The number of amides is 1. The molecule has 0 saturated carbocycles. The predicted octanol–water partition coefficient (Wildman–Crippen LogP) is 0.887. The van der Waals surface area contributed by atoms with E-state index in [2.05, 4.69) is 9.88 Å². The summed E-state index contributed by atoms with van der Waals surface area (Å²) in [7, 11) is 0. The number of rotatable bonds is 4. The number of hydrogen-bond donors (Lipinski definition) is 2. The molecular weight excluding hydrogens is 298 g/mol. The fourth-order valence-corrected chi connectivity index (χ4v) is 3.56. The number of primary amides is 1. The van der Waals surface area contributed by atoms with Crippen LogP contribution in [0.5, 0.6) is 0 Å². The van der Waals surface area contributed by atoms with E-state index in [9.17, 15) is 9.59 Å². The highest BCUT2D eigenvalue weighted by Gasteiger charge is 2.39. The molecule has 2 aliphatic heterocycles. The topological polar surface area (TPSA) is 106 Å². The van der Waals surface area contributed by atoms with Gasteiger partial charge in [0.25, 0.3) is 0 Å². The van der Waals surface area contributed by atoms with Gasteiger partial charge in [-0.3, -0.25) is 4.79 Å². The zero-order valence-corrected chi connectivity index (χ0v) is 12.9. The number of carboxylic acids is 1. The number of aromatic nitrogens is 1. The van der Waals surface area contributed by atoms with Crippen LogP contribution in [0.4, 0.5) is 5.82 Å². The molecule has 7 heteroatoms. The number of nitrogens with two attached hydrogens (primary N) is 1. The van der Waals surface area contributed by atoms with Gasteiger partial charge >= 0.3 is 5.97 Å². The highest BCUT2D eigenvalue weighted by atomic mass is 16.5. The van der Waals surface area contributed by atoms with E-state index in [1.54, 1.807) is 6.07 Å². The minimum atomic E-state index is -1.02. The van der Waals surface area contributed by atoms with Gasteiger partial charge in [0.2, 0.25) is 5.91 Å². The monoisotopic (exact) mass is 319 g/mol. The average molecular weight is 319 g/mol. The Morgan fingerprint density at radius 2 is 2.00 bits per heavy atom. The molecule has 2 saturated heterocycles. The van der Waals surface area contributed by atoms with Crippen molar-refractivity contribution in [2.75, 3.05) is 24.6 Å². The summed E-state index contributed by atoms with van der Waals surface area (Å²) in [4.78, 5) is 28.8. The summed E-state index contributed by atoms with van der Waals surface area (Å²) in [6, 6.07) is 5.02. The van der Waals surface area contributed by atoms with Crippen molar-refractivity contribution in [2.45, 2.75) is 25.4 Å². The van der Waals surface area contributed by atoms with E-state index in [1.165, 1.54) is 6.07 Å². The summed E-state index contributed by atoms with van der Waals surface area (Å²) in [5, 5.41) is 9.03. The Kier molecular flexibility index (Phi) is 4.47. The van der Waals surface area contributed by atoms with Gasteiger partial charge in [-0.15, -0.1) is 0 Å². The molecule has 1 aromatic heterocycles. The molecule has 0 aliphatic carbocycles. The van der Waals surface area contributed by atoms with Crippen molar-refractivity contribution < 1.29 is 19.4 Å². The molecule has 2 atom stereocenters. The Labute approximate surface area is 134 Å². The molecule has 3 heterocycles. The minimum absolute atomic E-state index is 0.0533. The third kappa shape index (κ3) is 3.29. The lowest BCUT2D eigenvalue weighted by molar-refractivity contribution is -0.124. The number of piperidine rings is 1. The first-order valence-corrected chi connectivity index (χ1v) is 7.92. The molecule has 1 amide bonds.